The topological polar surface area (TPSA) is 29.9 Å². The summed E-state index contributed by atoms with van der Waals surface area (Å²) in [6.45, 7) is 3.52. The Balaban J connectivity index is 2.07. The SMILES string of the molecule is CCNc1nc2ccccc2n1Cc1ccc(Cl)cc1Cl. The van der Waals surface area contributed by atoms with Gasteiger partial charge in [-0.1, -0.05) is 41.4 Å². The second kappa shape index (κ2) is 5.96. The lowest BCUT2D eigenvalue weighted by molar-refractivity contribution is 0.826. The first-order valence-corrected chi connectivity index (χ1v) is 7.57. The van der Waals surface area contributed by atoms with Crippen molar-refractivity contribution in [1.29, 1.82) is 0 Å². The van der Waals surface area contributed by atoms with Crippen LogP contribution in [0.15, 0.2) is 42.5 Å². The van der Waals surface area contributed by atoms with Crippen LogP contribution in [-0.2, 0) is 6.54 Å². The summed E-state index contributed by atoms with van der Waals surface area (Å²) in [5, 5.41) is 4.61. The van der Waals surface area contributed by atoms with Gasteiger partial charge in [-0.25, -0.2) is 4.98 Å². The van der Waals surface area contributed by atoms with Crippen LogP contribution in [0.4, 0.5) is 5.95 Å². The fourth-order valence-electron chi connectivity index (χ4n) is 2.35. The zero-order valence-corrected chi connectivity index (χ0v) is 13.1. The molecule has 0 saturated carbocycles. The van der Waals surface area contributed by atoms with E-state index in [9.17, 15) is 0 Å². The van der Waals surface area contributed by atoms with Crippen molar-refractivity contribution in [2.45, 2.75) is 13.5 Å². The van der Waals surface area contributed by atoms with Crippen LogP contribution in [0.25, 0.3) is 11.0 Å². The fraction of sp³-hybridized carbons (Fsp3) is 0.188. The molecule has 3 aromatic rings. The van der Waals surface area contributed by atoms with Crippen molar-refractivity contribution in [3.63, 3.8) is 0 Å². The molecule has 1 aromatic heterocycles. The summed E-state index contributed by atoms with van der Waals surface area (Å²) in [5.74, 6) is 0.852. The summed E-state index contributed by atoms with van der Waals surface area (Å²) in [6.07, 6.45) is 0. The third-order valence-electron chi connectivity index (χ3n) is 3.33. The van der Waals surface area contributed by atoms with Crippen LogP contribution in [0, 0.1) is 0 Å². The highest BCUT2D eigenvalue weighted by Gasteiger charge is 2.11. The van der Waals surface area contributed by atoms with Gasteiger partial charge in [0.05, 0.1) is 17.6 Å². The molecule has 0 aliphatic carbocycles. The van der Waals surface area contributed by atoms with Gasteiger partial charge >= 0.3 is 0 Å². The van der Waals surface area contributed by atoms with Gasteiger partial charge in [0, 0.05) is 16.6 Å². The molecule has 0 aliphatic rings. The van der Waals surface area contributed by atoms with Gasteiger partial charge in [-0.15, -0.1) is 0 Å². The number of anilines is 1. The third-order valence-corrected chi connectivity index (χ3v) is 3.92. The van der Waals surface area contributed by atoms with Gasteiger partial charge < -0.3 is 9.88 Å². The Morgan fingerprint density at radius 1 is 1.14 bits per heavy atom. The van der Waals surface area contributed by atoms with Crippen LogP contribution in [0.5, 0.6) is 0 Å². The van der Waals surface area contributed by atoms with Crippen molar-refractivity contribution in [1.82, 2.24) is 9.55 Å². The van der Waals surface area contributed by atoms with E-state index in [1.54, 1.807) is 6.07 Å². The van der Waals surface area contributed by atoms with Crippen LogP contribution in [0.1, 0.15) is 12.5 Å². The van der Waals surface area contributed by atoms with Crippen molar-refractivity contribution in [3.05, 3.63) is 58.1 Å². The predicted octanol–water partition coefficient (Wildman–Crippen LogP) is 4.82. The van der Waals surface area contributed by atoms with Crippen molar-refractivity contribution in [2.24, 2.45) is 0 Å². The molecule has 0 bridgehead atoms. The molecule has 21 heavy (non-hydrogen) atoms. The van der Waals surface area contributed by atoms with Gasteiger partial charge in [0.1, 0.15) is 0 Å². The zero-order valence-electron chi connectivity index (χ0n) is 11.6. The summed E-state index contributed by atoms with van der Waals surface area (Å²) >= 11 is 12.2. The Morgan fingerprint density at radius 2 is 1.95 bits per heavy atom. The molecular weight excluding hydrogens is 305 g/mol. The number of imidazole rings is 1. The Bertz CT molecular complexity index is 780. The summed E-state index contributed by atoms with van der Waals surface area (Å²) in [7, 11) is 0. The molecule has 0 amide bonds. The number of hydrogen-bond acceptors (Lipinski definition) is 2. The number of rotatable bonds is 4. The maximum absolute atomic E-state index is 6.29. The summed E-state index contributed by atoms with van der Waals surface area (Å²) in [4.78, 5) is 4.63. The molecule has 2 aromatic carbocycles. The van der Waals surface area contributed by atoms with Crippen LogP contribution < -0.4 is 5.32 Å². The van der Waals surface area contributed by atoms with E-state index in [0.29, 0.717) is 16.6 Å². The van der Waals surface area contributed by atoms with Gasteiger partial charge in [-0.05, 0) is 36.8 Å². The summed E-state index contributed by atoms with van der Waals surface area (Å²) in [6, 6.07) is 13.7. The molecule has 3 rings (SSSR count). The Morgan fingerprint density at radius 3 is 2.71 bits per heavy atom. The van der Waals surface area contributed by atoms with E-state index in [1.165, 1.54) is 0 Å². The highest BCUT2D eigenvalue weighted by molar-refractivity contribution is 6.35. The lowest BCUT2D eigenvalue weighted by atomic mass is 10.2. The van der Waals surface area contributed by atoms with E-state index in [4.69, 9.17) is 23.2 Å². The Labute approximate surface area is 133 Å². The number of hydrogen-bond donors (Lipinski definition) is 1. The van der Waals surface area contributed by atoms with Crippen LogP contribution in [0.2, 0.25) is 10.0 Å². The van der Waals surface area contributed by atoms with E-state index in [-0.39, 0.29) is 0 Å². The number of nitrogens with zero attached hydrogens (tertiary/aromatic N) is 2. The van der Waals surface area contributed by atoms with Gasteiger partial charge in [0.15, 0.2) is 0 Å². The number of benzene rings is 2. The van der Waals surface area contributed by atoms with E-state index >= 15 is 0 Å². The highest BCUT2D eigenvalue weighted by Crippen LogP contribution is 2.26. The molecule has 3 nitrogen and oxygen atoms in total. The van der Waals surface area contributed by atoms with Gasteiger partial charge in [-0.2, -0.15) is 0 Å². The van der Waals surface area contributed by atoms with Crippen molar-refractivity contribution < 1.29 is 0 Å². The monoisotopic (exact) mass is 319 g/mol. The third kappa shape index (κ3) is 2.85. The maximum atomic E-state index is 6.29. The average molecular weight is 320 g/mol. The average Bonchev–Trinajstić information content (AvgIpc) is 2.80. The largest absolute Gasteiger partial charge is 0.356 e. The standard InChI is InChI=1S/C16H15Cl2N3/c1-2-19-16-20-14-5-3-4-6-15(14)21(16)10-11-7-8-12(17)9-13(11)18/h3-9H,2,10H2,1H3,(H,19,20). The zero-order chi connectivity index (χ0) is 14.8. The van der Waals surface area contributed by atoms with E-state index in [2.05, 4.69) is 27.9 Å². The molecule has 1 N–H and O–H groups in total. The van der Waals surface area contributed by atoms with Crippen molar-refractivity contribution in [2.75, 3.05) is 11.9 Å². The first-order chi connectivity index (χ1) is 10.2. The number of halogens is 2. The molecule has 0 fully saturated rings. The maximum Gasteiger partial charge on any atom is 0.204 e. The molecule has 108 valence electrons. The van der Waals surface area contributed by atoms with Gasteiger partial charge in [0.25, 0.3) is 0 Å². The summed E-state index contributed by atoms with van der Waals surface area (Å²) in [5.41, 5.74) is 3.07. The highest BCUT2D eigenvalue weighted by atomic mass is 35.5. The second-order valence-corrected chi connectivity index (χ2v) is 5.62. The molecule has 0 radical (unpaired) electrons. The van der Waals surface area contributed by atoms with Gasteiger partial charge in [-0.3, -0.25) is 0 Å². The minimum atomic E-state index is 0.645. The predicted molar refractivity (Wildman–Crippen MR) is 89.5 cm³/mol. The molecule has 1 heterocycles. The normalized spacial score (nSPS) is 11.0. The minimum absolute atomic E-state index is 0.645. The van der Waals surface area contributed by atoms with Crippen LogP contribution >= 0.6 is 23.2 Å². The molecule has 0 spiro atoms. The van der Waals surface area contributed by atoms with Gasteiger partial charge in [0.2, 0.25) is 5.95 Å². The van der Waals surface area contributed by atoms with Crippen molar-refractivity contribution in [3.8, 4) is 0 Å². The minimum Gasteiger partial charge on any atom is -0.356 e. The quantitative estimate of drug-likeness (QED) is 0.746. The number of fused-ring (bicyclic) bond motifs is 1. The molecule has 0 atom stereocenters. The van der Waals surface area contributed by atoms with Crippen LogP contribution in [0.3, 0.4) is 0 Å². The smallest absolute Gasteiger partial charge is 0.204 e. The van der Waals surface area contributed by atoms with E-state index < -0.39 is 0 Å². The van der Waals surface area contributed by atoms with Crippen LogP contribution in [-0.4, -0.2) is 16.1 Å². The molecule has 5 heteroatoms. The molecule has 0 aliphatic heterocycles. The lowest BCUT2D eigenvalue weighted by Gasteiger charge is -2.11. The number of para-hydroxylation sites is 2. The van der Waals surface area contributed by atoms with E-state index in [0.717, 1.165) is 29.1 Å². The lowest BCUT2D eigenvalue weighted by Crippen LogP contribution is -2.08. The van der Waals surface area contributed by atoms with E-state index in [1.807, 2.05) is 30.3 Å². The summed E-state index contributed by atoms with van der Waals surface area (Å²) < 4.78 is 2.13. The molecular formula is C16H15Cl2N3. The van der Waals surface area contributed by atoms with Crippen molar-refractivity contribution >= 4 is 40.2 Å². The Kier molecular flexibility index (Phi) is 4.04. The number of nitrogens with one attached hydrogen (secondary N) is 1. The fourth-order valence-corrected chi connectivity index (χ4v) is 2.82. The first-order valence-electron chi connectivity index (χ1n) is 6.82. The molecule has 0 unspecified atom stereocenters. The first kappa shape index (κ1) is 14.2. The molecule has 0 saturated heterocycles. The Hall–Kier alpha value is -1.71. The number of aromatic nitrogens is 2. The second-order valence-electron chi connectivity index (χ2n) is 4.78.